The van der Waals surface area contributed by atoms with Gasteiger partial charge in [0.25, 0.3) is 10.1 Å². The van der Waals surface area contributed by atoms with E-state index in [-0.39, 0.29) is 5.60 Å². The zero-order valence-electron chi connectivity index (χ0n) is 23.2. The Bertz CT molecular complexity index is 980. The van der Waals surface area contributed by atoms with Crippen molar-refractivity contribution in [2.45, 2.75) is 118 Å². The van der Waals surface area contributed by atoms with E-state index in [2.05, 4.69) is 39.8 Å². The van der Waals surface area contributed by atoms with E-state index < -0.39 is 22.0 Å². The molecule has 200 valence electrons. The number of hydrogen-bond acceptors (Lipinski definition) is 4. The number of rotatable bonds is 13. The number of hydrogen-bond donors (Lipinski definition) is 1. The number of allylic oxidation sites excluding steroid dienone is 1. The molecular formula is C29H48O5S. The molecule has 3 atom stereocenters. The van der Waals surface area contributed by atoms with Crippen LogP contribution in [0.4, 0.5) is 0 Å². The SMILES string of the molecule is CCCC(CS(=O)(=O)O)Oc1c(C)c(C)c2c(c1C)CCC(C)(/C=C/CC(C)CCCC(C)C)O2. The van der Waals surface area contributed by atoms with Gasteiger partial charge in [0.2, 0.25) is 0 Å². The first kappa shape index (κ1) is 29.7. The van der Waals surface area contributed by atoms with E-state index in [1.807, 2.05) is 27.7 Å². The van der Waals surface area contributed by atoms with Crippen LogP contribution in [0.15, 0.2) is 12.2 Å². The summed E-state index contributed by atoms with van der Waals surface area (Å²) in [5, 5.41) is 0. The molecule has 0 spiro atoms. The molecule has 1 heterocycles. The van der Waals surface area contributed by atoms with E-state index in [1.165, 1.54) is 19.3 Å². The van der Waals surface area contributed by atoms with Gasteiger partial charge in [-0.1, -0.05) is 59.5 Å². The van der Waals surface area contributed by atoms with Crippen molar-refractivity contribution in [1.82, 2.24) is 0 Å². The van der Waals surface area contributed by atoms with Crippen LogP contribution in [0, 0.1) is 32.6 Å². The lowest BCUT2D eigenvalue weighted by molar-refractivity contribution is 0.112. The Morgan fingerprint density at radius 2 is 1.77 bits per heavy atom. The summed E-state index contributed by atoms with van der Waals surface area (Å²) in [6.45, 7) is 17.1. The molecule has 5 nitrogen and oxygen atoms in total. The molecule has 1 N–H and O–H groups in total. The summed E-state index contributed by atoms with van der Waals surface area (Å²) in [5.41, 5.74) is 3.79. The summed E-state index contributed by atoms with van der Waals surface area (Å²) < 4.78 is 45.2. The van der Waals surface area contributed by atoms with Crippen LogP contribution in [0.3, 0.4) is 0 Å². The van der Waals surface area contributed by atoms with Crippen molar-refractivity contribution in [3.8, 4) is 11.5 Å². The quantitative estimate of drug-likeness (QED) is 0.220. The summed E-state index contributed by atoms with van der Waals surface area (Å²) in [5.74, 6) is 2.70. The predicted molar refractivity (Wildman–Crippen MR) is 145 cm³/mol. The van der Waals surface area contributed by atoms with Gasteiger partial charge in [0, 0.05) is 5.56 Å². The predicted octanol–water partition coefficient (Wildman–Crippen LogP) is 7.54. The van der Waals surface area contributed by atoms with E-state index >= 15 is 0 Å². The Balaban J connectivity index is 2.18. The van der Waals surface area contributed by atoms with Crippen molar-refractivity contribution in [1.29, 1.82) is 0 Å². The van der Waals surface area contributed by atoms with Crippen molar-refractivity contribution in [3.05, 3.63) is 34.4 Å². The molecule has 0 bridgehead atoms. The number of benzene rings is 1. The Morgan fingerprint density at radius 1 is 1.09 bits per heavy atom. The maximum absolute atomic E-state index is 11.5. The third kappa shape index (κ3) is 8.82. The summed E-state index contributed by atoms with van der Waals surface area (Å²) in [6, 6.07) is 0. The third-order valence-corrected chi connectivity index (χ3v) is 8.09. The van der Waals surface area contributed by atoms with Crippen molar-refractivity contribution >= 4 is 10.1 Å². The van der Waals surface area contributed by atoms with Crippen molar-refractivity contribution in [2.75, 3.05) is 5.75 Å². The van der Waals surface area contributed by atoms with Gasteiger partial charge < -0.3 is 9.47 Å². The first-order chi connectivity index (χ1) is 16.3. The highest BCUT2D eigenvalue weighted by molar-refractivity contribution is 7.85. The monoisotopic (exact) mass is 508 g/mol. The maximum atomic E-state index is 11.5. The topological polar surface area (TPSA) is 72.8 Å². The Morgan fingerprint density at radius 3 is 2.37 bits per heavy atom. The van der Waals surface area contributed by atoms with Gasteiger partial charge >= 0.3 is 0 Å². The minimum Gasteiger partial charge on any atom is -0.489 e. The molecular weight excluding hydrogens is 460 g/mol. The highest BCUT2D eigenvalue weighted by atomic mass is 32.2. The fraction of sp³-hybridized carbons (Fsp3) is 0.724. The second-order valence-corrected chi connectivity index (χ2v) is 12.8. The van der Waals surface area contributed by atoms with Crippen LogP contribution in [0.5, 0.6) is 11.5 Å². The van der Waals surface area contributed by atoms with Crippen LogP contribution < -0.4 is 9.47 Å². The van der Waals surface area contributed by atoms with Crippen LogP contribution in [0.2, 0.25) is 0 Å². The van der Waals surface area contributed by atoms with Crippen LogP contribution >= 0.6 is 0 Å². The maximum Gasteiger partial charge on any atom is 0.268 e. The molecule has 3 unspecified atom stereocenters. The fourth-order valence-corrected chi connectivity index (χ4v) is 5.69. The number of fused-ring (bicyclic) bond motifs is 1. The van der Waals surface area contributed by atoms with Gasteiger partial charge in [-0.05, 0) is 88.0 Å². The largest absolute Gasteiger partial charge is 0.489 e. The highest BCUT2D eigenvalue weighted by Crippen LogP contribution is 2.44. The van der Waals surface area contributed by atoms with Crippen LogP contribution in [-0.4, -0.2) is 30.4 Å². The Kier molecular flexibility index (Phi) is 10.7. The molecule has 1 aromatic carbocycles. The van der Waals surface area contributed by atoms with E-state index in [0.29, 0.717) is 12.3 Å². The molecule has 0 saturated carbocycles. The van der Waals surface area contributed by atoms with Gasteiger partial charge in [0.1, 0.15) is 29.0 Å². The van der Waals surface area contributed by atoms with Gasteiger partial charge in [-0.25, -0.2) is 0 Å². The number of ether oxygens (including phenoxy) is 2. The molecule has 1 aromatic rings. The molecule has 0 aliphatic carbocycles. The van der Waals surface area contributed by atoms with Gasteiger partial charge in [-0.3, -0.25) is 4.55 Å². The van der Waals surface area contributed by atoms with Gasteiger partial charge in [0.05, 0.1) is 0 Å². The fourth-order valence-electron chi connectivity index (χ4n) is 4.99. The average Bonchev–Trinajstić information content (AvgIpc) is 2.74. The Labute approximate surface area is 214 Å². The standard InChI is InChI=1S/C29H48O5S/c1-9-12-25(19-35(30,31)32)33-27-22(5)23(6)28-26(24(27)7)16-18-29(8,34-28)17-11-15-21(4)14-10-13-20(2)3/h11,17,20-21,25H,9-10,12-16,18-19H2,1-8H3,(H,30,31,32)/b17-11+. The first-order valence-corrected chi connectivity index (χ1v) is 15.0. The highest BCUT2D eigenvalue weighted by Gasteiger charge is 2.33. The summed E-state index contributed by atoms with van der Waals surface area (Å²) in [7, 11) is -4.12. The summed E-state index contributed by atoms with van der Waals surface area (Å²) in [6.07, 6.45) is 12.0. The smallest absolute Gasteiger partial charge is 0.268 e. The molecule has 1 aliphatic heterocycles. The molecule has 0 radical (unpaired) electrons. The zero-order valence-corrected chi connectivity index (χ0v) is 24.1. The van der Waals surface area contributed by atoms with E-state index in [1.54, 1.807) is 0 Å². The van der Waals surface area contributed by atoms with E-state index in [0.717, 1.165) is 65.4 Å². The molecule has 2 rings (SSSR count). The lowest BCUT2D eigenvalue weighted by Crippen LogP contribution is -2.35. The lowest BCUT2D eigenvalue weighted by atomic mass is 9.86. The van der Waals surface area contributed by atoms with Crippen molar-refractivity contribution in [3.63, 3.8) is 0 Å². The van der Waals surface area contributed by atoms with Crippen molar-refractivity contribution < 1.29 is 22.4 Å². The third-order valence-electron chi connectivity index (χ3n) is 7.30. The first-order valence-electron chi connectivity index (χ1n) is 13.4. The normalized spacial score (nSPS) is 20.1. The van der Waals surface area contributed by atoms with Crippen molar-refractivity contribution in [2.24, 2.45) is 11.8 Å². The molecule has 0 fully saturated rings. The van der Waals surface area contributed by atoms with Gasteiger partial charge in [0.15, 0.2) is 0 Å². The van der Waals surface area contributed by atoms with Crippen LogP contribution in [0.25, 0.3) is 0 Å². The zero-order chi connectivity index (χ0) is 26.4. The summed E-state index contributed by atoms with van der Waals surface area (Å²) in [4.78, 5) is 0. The Hall–Kier alpha value is -1.53. The average molecular weight is 509 g/mol. The molecule has 0 aromatic heterocycles. The van der Waals surface area contributed by atoms with Gasteiger partial charge in [-0.15, -0.1) is 0 Å². The minimum absolute atomic E-state index is 0.341. The second kappa shape index (κ2) is 12.6. The summed E-state index contributed by atoms with van der Waals surface area (Å²) >= 11 is 0. The molecule has 6 heteroatoms. The molecule has 0 amide bonds. The molecule has 1 aliphatic rings. The minimum atomic E-state index is -4.12. The van der Waals surface area contributed by atoms with E-state index in [9.17, 15) is 13.0 Å². The second-order valence-electron chi connectivity index (χ2n) is 11.3. The van der Waals surface area contributed by atoms with E-state index in [4.69, 9.17) is 9.47 Å². The van der Waals surface area contributed by atoms with Crippen LogP contribution in [-0.2, 0) is 16.5 Å². The molecule has 35 heavy (non-hydrogen) atoms. The lowest BCUT2D eigenvalue weighted by Gasteiger charge is -2.37. The van der Waals surface area contributed by atoms with Crippen LogP contribution in [0.1, 0.15) is 102 Å². The van der Waals surface area contributed by atoms with Gasteiger partial charge in [-0.2, -0.15) is 8.42 Å². The molecule has 0 saturated heterocycles.